The van der Waals surface area contributed by atoms with Crippen LogP contribution in [0.2, 0.25) is 0 Å². The quantitative estimate of drug-likeness (QED) is 0.359. The van der Waals surface area contributed by atoms with Gasteiger partial charge in [0.2, 0.25) is 0 Å². The molecule has 1 aliphatic heterocycles. The second kappa shape index (κ2) is 11.2. The normalized spacial score (nSPS) is 14.9. The highest BCUT2D eigenvalue weighted by atomic mass is 16.5. The molecule has 0 radical (unpaired) electrons. The van der Waals surface area contributed by atoms with Gasteiger partial charge in [-0.2, -0.15) is 0 Å². The number of hydrogen-bond acceptors (Lipinski definition) is 8. The molecule has 5 rings (SSSR count). The minimum absolute atomic E-state index is 0.200. The van der Waals surface area contributed by atoms with Crippen LogP contribution in [0.5, 0.6) is 0 Å². The molecule has 0 bridgehead atoms. The zero-order chi connectivity index (χ0) is 28.4. The van der Waals surface area contributed by atoms with E-state index in [1.54, 1.807) is 22.9 Å². The number of benzene rings is 1. The molecule has 1 aromatic carbocycles. The van der Waals surface area contributed by atoms with Gasteiger partial charge in [-0.3, -0.25) is 14.7 Å². The number of pyridine rings is 1. The maximum absolute atomic E-state index is 13.0. The largest absolute Gasteiger partial charge is 0.369 e. The Labute approximate surface area is 235 Å². The van der Waals surface area contributed by atoms with E-state index in [1.807, 2.05) is 52.4 Å². The van der Waals surface area contributed by atoms with E-state index in [2.05, 4.69) is 55.5 Å². The highest BCUT2D eigenvalue weighted by Crippen LogP contribution is 2.26. The van der Waals surface area contributed by atoms with E-state index in [4.69, 9.17) is 4.52 Å². The Morgan fingerprint density at radius 3 is 2.62 bits per heavy atom. The summed E-state index contributed by atoms with van der Waals surface area (Å²) in [5, 5.41) is 15.6. The Balaban J connectivity index is 1.33. The maximum Gasteiger partial charge on any atom is 0.256 e. The molecule has 210 valence electrons. The van der Waals surface area contributed by atoms with Crippen LogP contribution in [0.3, 0.4) is 0 Å². The Morgan fingerprint density at radius 2 is 1.88 bits per heavy atom. The van der Waals surface area contributed by atoms with Crippen molar-refractivity contribution in [3.05, 3.63) is 65.8 Å². The number of carbonyl (C=O) groups excluding carboxylic acids is 1. The van der Waals surface area contributed by atoms with Crippen molar-refractivity contribution in [1.29, 1.82) is 0 Å². The lowest BCUT2D eigenvalue weighted by Gasteiger charge is -2.25. The summed E-state index contributed by atoms with van der Waals surface area (Å²) in [5.74, 6) is 0.809. The molecule has 4 aromatic rings. The van der Waals surface area contributed by atoms with Crippen LogP contribution in [-0.4, -0.2) is 68.2 Å². The molecule has 0 spiro atoms. The molecule has 10 nitrogen and oxygen atoms in total. The second-order valence-corrected chi connectivity index (χ2v) is 11.7. The second-order valence-electron chi connectivity index (χ2n) is 11.7. The number of aromatic nitrogens is 5. The third-order valence-electron chi connectivity index (χ3n) is 7.35. The van der Waals surface area contributed by atoms with Gasteiger partial charge in [-0.05, 0) is 51.0 Å². The van der Waals surface area contributed by atoms with Crippen LogP contribution in [0, 0.1) is 6.92 Å². The SMILES string of the molecule is Cc1ccc(C(=O)Nc2cc(C(C)(C)C)on2)cc1-n1cc(-c2cncc(N3CCCN(C(C)C)CC3)c2)nn1. The Hall–Kier alpha value is -4.05. The molecular formula is C30H38N8O2. The first kappa shape index (κ1) is 27.5. The van der Waals surface area contributed by atoms with Gasteiger partial charge in [-0.1, -0.05) is 37.2 Å². The van der Waals surface area contributed by atoms with Gasteiger partial charge in [0, 0.05) is 61.0 Å². The zero-order valence-electron chi connectivity index (χ0n) is 24.2. The van der Waals surface area contributed by atoms with Gasteiger partial charge in [-0.15, -0.1) is 5.10 Å². The van der Waals surface area contributed by atoms with Crippen molar-refractivity contribution in [2.75, 3.05) is 36.4 Å². The fourth-order valence-electron chi connectivity index (χ4n) is 4.84. The van der Waals surface area contributed by atoms with Gasteiger partial charge in [0.15, 0.2) is 5.82 Å². The van der Waals surface area contributed by atoms with Crippen LogP contribution >= 0.6 is 0 Å². The van der Waals surface area contributed by atoms with E-state index in [0.29, 0.717) is 23.2 Å². The molecule has 1 aliphatic rings. The molecule has 1 amide bonds. The Kier molecular flexibility index (Phi) is 7.71. The lowest BCUT2D eigenvalue weighted by Crippen LogP contribution is -2.35. The molecule has 0 unspecified atom stereocenters. The first-order valence-corrected chi connectivity index (χ1v) is 13.8. The van der Waals surface area contributed by atoms with Gasteiger partial charge < -0.3 is 14.7 Å². The summed E-state index contributed by atoms with van der Waals surface area (Å²) in [7, 11) is 0. The Morgan fingerprint density at radius 1 is 1.05 bits per heavy atom. The zero-order valence-corrected chi connectivity index (χ0v) is 24.2. The highest BCUT2D eigenvalue weighted by Gasteiger charge is 2.21. The van der Waals surface area contributed by atoms with Crippen molar-refractivity contribution in [2.24, 2.45) is 0 Å². The Bertz CT molecular complexity index is 1480. The van der Waals surface area contributed by atoms with Gasteiger partial charge >= 0.3 is 0 Å². The molecule has 40 heavy (non-hydrogen) atoms. The fraction of sp³-hybridized carbons (Fsp3) is 0.433. The summed E-state index contributed by atoms with van der Waals surface area (Å²) in [4.78, 5) is 22.4. The van der Waals surface area contributed by atoms with Crippen LogP contribution in [0.15, 0.2) is 53.4 Å². The molecule has 4 heterocycles. The van der Waals surface area contributed by atoms with Crippen LogP contribution in [0.1, 0.15) is 62.7 Å². The third-order valence-corrected chi connectivity index (χ3v) is 7.35. The number of amides is 1. The van der Waals surface area contributed by atoms with Crippen LogP contribution in [0.4, 0.5) is 11.5 Å². The van der Waals surface area contributed by atoms with E-state index >= 15 is 0 Å². The number of anilines is 2. The van der Waals surface area contributed by atoms with E-state index in [-0.39, 0.29) is 11.3 Å². The average molecular weight is 543 g/mol. The molecule has 1 saturated heterocycles. The third kappa shape index (κ3) is 6.07. The number of rotatable bonds is 6. The molecule has 0 saturated carbocycles. The van der Waals surface area contributed by atoms with Crippen molar-refractivity contribution in [1.82, 2.24) is 30.0 Å². The van der Waals surface area contributed by atoms with Gasteiger partial charge in [0.1, 0.15) is 11.5 Å². The molecule has 0 atom stereocenters. The van der Waals surface area contributed by atoms with Crippen molar-refractivity contribution in [3.63, 3.8) is 0 Å². The smallest absolute Gasteiger partial charge is 0.256 e. The van der Waals surface area contributed by atoms with Crippen LogP contribution in [-0.2, 0) is 5.41 Å². The number of aryl methyl sites for hydroxylation is 1. The first-order chi connectivity index (χ1) is 19.1. The van der Waals surface area contributed by atoms with E-state index < -0.39 is 0 Å². The van der Waals surface area contributed by atoms with E-state index in [0.717, 1.165) is 60.8 Å². The van der Waals surface area contributed by atoms with Crippen molar-refractivity contribution in [3.8, 4) is 16.9 Å². The van der Waals surface area contributed by atoms with Gasteiger partial charge in [-0.25, -0.2) is 4.68 Å². The lowest BCUT2D eigenvalue weighted by atomic mass is 9.93. The summed E-state index contributed by atoms with van der Waals surface area (Å²) in [5.41, 5.74) is 4.74. The summed E-state index contributed by atoms with van der Waals surface area (Å²) in [6, 6.07) is 9.93. The van der Waals surface area contributed by atoms with Crippen molar-refractivity contribution >= 4 is 17.4 Å². The molecule has 1 N–H and O–H groups in total. The van der Waals surface area contributed by atoms with E-state index in [9.17, 15) is 4.79 Å². The molecule has 10 heteroatoms. The monoisotopic (exact) mass is 542 g/mol. The number of carbonyl (C=O) groups is 1. The van der Waals surface area contributed by atoms with Gasteiger partial charge in [0.25, 0.3) is 5.91 Å². The first-order valence-electron chi connectivity index (χ1n) is 13.8. The highest BCUT2D eigenvalue weighted by molar-refractivity contribution is 6.04. The predicted octanol–water partition coefficient (Wildman–Crippen LogP) is 5.10. The summed E-state index contributed by atoms with van der Waals surface area (Å²) in [6.07, 6.45) is 6.73. The lowest BCUT2D eigenvalue weighted by molar-refractivity contribution is 0.102. The van der Waals surface area contributed by atoms with Crippen LogP contribution in [0.25, 0.3) is 16.9 Å². The predicted molar refractivity (Wildman–Crippen MR) is 156 cm³/mol. The molecule has 3 aromatic heterocycles. The minimum atomic E-state index is -0.277. The minimum Gasteiger partial charge on any atom is -0.369 e. The fourth-order valence-corrected chi connectivity index (χ4v) is 4.84. The number of nitrogens with zero attached hydrogens (tertiary/aromatic N) is 7. The van der Waals surface area contributed by atoms with E-state index in [1.165, 1.54) is 0 Å². The molecule has 0 aliphatic carbocycles. The number of nitrogens with one attached hydrogen (secondary N) is 1. The molecular weight excluding hydrogens is 504 g/mol. The average Bonchev–Trinajstić information content (AvgIpc) is 3.53. The molecule has 1 fully saturated rings. The van der Waals surface area contributed by atoms with Crippen LogP contribution < -0.4 is 10.2 Å². The summed E-state index contributed by atoms with van der Waals surface area (Å²) >= 11 is 0. The van der Waals surface area contributed by atoms with Crippen molar-refractivity contribution < 1.29 is 9.32 Å². The maximum atomic E-state index is 13.0. The topological polar surface area (TPSA) is 105 Å². The van der Waals surface area contributed by atoms with Gasteiger partial charge in [0.05, 0.1) is 23.8 Å². The summed E-state index contributed by atoms with van der Waals surface area (Å²) < 4.78 is 7.10. The number of hydrogen-bond donors (Lipinski definition) is 1. The van der Waals surface area contributed by atoms with Crippen molar-refractivity contribution in [2.45, 2.75) is 59.4 Å². The summed E-state index contributed by atoms with van der Waals surface area (Å²) in [6.45, 7) is 16.7. The standard InChI is InChI=1S/C30H38N8O2/c1-20(2)36-10-7-11-37(13-12-36)24-14-23(17-31-18-24)25-19-38(35-33-25)26-15-22(9-8-21(26)3)29(39)32-28-16-27(40-34-28)30(4,5)6/h8-9,14-20H,7,10-13H2,1-6H3,(H,32,34,39).